The van der Waals surface area contributed by atoms with Crippen LogP contribution in [-0.2, 0) is 17.9 Å². The first-order valence-electron chi connectivity index (χ1n) is 10.3. The number of para-hydroxylation sites is 2. The van der Waals surface area contributed by atoms with Crippen LogP contribution in [0.3, 0.4) is 0 Å². The Hall–Kier alpha value is -2.37. The number of aromatic amines is 1. The topological polar surface area (TPSA) is 61.0 Å². The molecule has 1 aliphatic heterocycles. The average Bonchev–Trinajstić information content (AvgIpc) is 3.14. The monoisotopic (exact) mass is 410 g/mol. The van der Waals surface area contributed by atoms with Crippen molar-refractivity contribution in [1.29, 1.82) is 0 Å². The van der Waals surface area contributed by atoms with Gasteiger partial charge in [-0.25, -0.2) is 4.98 Å². The molecule has 1 aromatic heterocycles. The van der Waals surface area contributed by atoms with Crippen LogP contribution in [-0.4, -0.2) is 33.9 Å². The molecule has 1 amide bonds. The molecular formula is C23H27ClN4O. The maximum atomic E-state index is 12.2. The van der Waals surface area contributed by atoms with Gasteiger partial charge in [-0.2, -0.15) is 0 Å². The van der Waals surface area contributed by atoms with E-state index in [9.17, 15) is 4.79 Å². The van der Waals surface area contributed by atoms with Crippen molar-refractivity contribution < 1.29 is 4.79 Å². The third-order valence-corrected chi connectivity index (χ3v) is 5.91. The Bertz CT molecular complexity index is 929. The number of fused-ring (bicyclic) bond motifs is 1. The summed E-state index contributed by atoms with van der Waals surface area (Å²) in [5.41, 5.74) is 3.16. The minimum atomic E-state index is 0.120. The third kappa shape index (κ3) is 5.58. The fourth-order valence-electron chi connectivity index (χ4n) is 4.00. The van der Waals surface area contributed by atoms with E-state index in [1.165, 1.54) is 0 Å². The lowest BCUT2D eigenvalue weighted by atomic mass is 9.92. The van der Waals surface area contributed by atoms with Crippen molar-refractivity contribution in [2.45, 2.75) is 38.8 Å². The standard InChI is InChI=1S/C23H27ClN4O/c24-19-5-3-4-18(14-19)15-25-23(29)9-8-17-10-12-28(13-11-17)16-22-26-20-6-1-2-7-21(20)27-22/h1-7,14,17H,8-13,15-16H2,(H,25,29)(H,26,27). The number of carbonyl (C=O) groups excluding carboxylic acids is 1. The van der Waals surface area contributed by atoms with Crippen LogP contribution in [0.25, 0.3) is 11.0 Å². The summed E-state index contributed by atoms with van der Waals surface area (Å²) in [7, 11) is 0. The van der Waals surface area contributed by atoms with Crippen molar-refractivity contribution in [3.05, 3.63) is 64.9 Å². The number of benzene rings is 2. The number of nitrogens with one attached hydrogen (secondary N) is 2. The summed E-state index contributed by atoms with van der Waals surface area (Å²) in [6.45, 7) is 3.52. The number of hydrogen-bond donors (Lipinski definition) is 2. The van der Waals surface area contributed by atoms with Crippen molar-refractivity contribution in [3.8, 4) is 0 Å². The molecule has 2 N–H and O–H groups in total. The quantitative estimate of drug-likeness (QED) is 0.601. The van der Waals surface area contributed by atoms with Crippen LogP contribution in [0, 0.1) is 5.92 Å². The number of halogens is 1. The van der Waals surface area contributed by atoms with Gasteiger partial charge < -0.3 is 10.3 Å². The summed E-state index contributed by atoms with van der Waals surface area (Å²) in [6.07, 6.45) is 3.83. The summed E-state index contributed by atoms with van der Waals surface area (Å²) < 4.78 is 0. The predicted octanol–water partition coefficient (Wildman–Crippen LogP) is 4.52. The smallest absolute Gasteiger partial charge is 0.220 e. The fourth-order valence-corrected chi connectivity index (χ4v) is 4.21. The van der Waals surface area contributed by atoms with Crippen LogP contribution < -0.4 is 5.32 Å². The Morgan fingerprint density at radius 3 is 2.79 bits per heavy atom. The number of H-pyrrole nitrogens is 1. The normalized spacial score (nSPS) is 15.6. The number of piperidine rings is 1. The lowest BCUT2D eigenvalue weighted by Gasteiger charge is -2.31. The van der Waals surface area contributed by atoms with Crippen molar-refractivity contribution in [3.63, 3.8) is 0 Å². The van der Waals surface area contributed by atoms with Crippen LogP contribution in [0.2, 0.25) is 5.02 Å². The summed E-state index contributed by atoms with van der Waals surface area (Å²) in [5, 5.41) is 3.70. The lowest BCUT2D eigenvalue weighted by molar-refractivity contribution is -0.121. The molecule has 2 heterocycles. The van der Waals surface area contributed by atoms with Crippen molar-refractivity contribution >= 4 is 28.5 Å². The van der Waals surface area contributed by atoms with E-state index >= 15 is 0 Å². The van der Waals surface area contributed by atoms with Gasteiger partial charge in [0.15, 0.2) is 0 Å². The Morgan fingerprint density at radius 2 is 2.00 bits per heavy atom. The first kappa shape index (κ1) is 19.9. The van der Waals surface area contributed by atoms with Crippen LogP contribution in [0.4, 0.5) is 0 Å². The molecule has 0 atom stereocenters. The van der Waals surface area contributed by atoms with Crippen LogP contribution >= 0.6 is 11.6 Å². The highest BCUT2D eigenvalue weighted by Crippen LogP contribution is 2.23. The molecule has 5 nitrogen and oxygen atoms in total. The summed E-state index contributed by atoms with van der Waals surface area (Å²) in [5.74, 6) is 1.78. The molecule has 6 heteroatoms. The van der Waals surface area contributed by atoms with E-state index in [0.717, 1.165) is 61.3 Å². The van der Waals surface area contributed by atoms with Crippen LogP contribution in [0.5, 0.6) is 0 Å². The maximum absolute atomic E-state index is 12.2. The highest BCUT2D eigenvalue weighted by Gasteiger charge is 2.20. The van der Waals surface area contributed by atoms with E-state index in [-0.39, 0.29) is 5.91 Å². The molecule has 0 aliphatic carbocycles. The Morgan fingerprint density at radius 1 is 1.17 bits per heavy atom. The second kappa shape index (κ2) is 9.42. The molecule has 1 aliphatic rings. The number of imidazole rings is 1. The lowest BCUT2D eigenvalue weighted by Crippen LogP contribution is -2.34. The number of amides is 1. The van der Waals surface area contributed by atoms with Gasteiger partial charge in [-0.05, 0) is 68.1 Å². The van der Waals surface area contributed by atoms with Gasteiger partial charge in [0.05, 0.1) is 17.6 Å². The molecule has 152 valence electrons. The van der Waals surface area contributed by atoms with E-state index in [1.54, 1.807) is 0 Å². The third-order valence-electron chi connectivity index (χ3n) is 5.68. The number of aromatic nitrogens is 2. The zero-order chi connectivity index (χ0) is 20.1. The van der Waals surface area contributed by atoms with Gasteiger partial charge in [0.2, 0.25) is 5.91 Å². The van der Waals surface area contributed by atoms with Gasteiger partial charge in [-0.3, -0.25) is 9.69 Å². The van der Waals surface area contributed by atoms with Crippen molar-refractivity contribution in [2.24, 2.45) is 5.92 Å². The number of carbonyl (C=O) groups is 1. The van der Waals surface area contributed by atoms with Crippen LogP contribution in [0.1, 0.15) is 37.1 Å². The van der Waals surface area contributed by atoms with Crippen molar-refractivity contribution in [1.82, 2.24) is 20.2 Å². The minimum Gasteiger partial charge on any atom is -0.352 e. The second-order valence-corrected chi connectivity index (χ2v) is 8.30. The fraction of sp³-hybridized carbons (Fsp3) is 0.391. The van der Waals surface area contributed by atoms with E-state index in [4.69, 9.17) is 11.6 Å². The predicted molar refractivity (Wildman–Crippen MR) is 117 cm³/mol. The van der Waals surface area contributed by atoms with Gasteiger partial charge >= 0.3 is 0 Å². The van der Waals surface area contributed by atoms with E-state index in [0.29, 0.717) is 23.9 Å². The first-order chi connectivity index (χ1) is 14.2. The number of nitrogens with zero attached hydrogens (tertiary/aromatic N) is 2. The summed E-state index contributed by atoms with van der Waals surface area (Å²) >= 11 is 5.98. The zero-order valence-corrected chi connectivity index (χ0v) is 17.3. The van der Waals surface area contributed by atoms with Gasteiger partial charge in [-0.1, -0.05) is 35.9 Å². The molecule has 4 rings (SSSR count). The van der Waals surface area contributed by atoms with E-state index in [2.05, 4.69) is 26.3 Å². The average molecular weight is 411 g/mol. The molecule has 0 spiro atoms. The highest BCUT2D eigenvalue weighted by molar-refractivity contribution is 6.30. The van der Waals surface area contributed by atoms with Gasteiger partial charge in [0, 0.05) is 18.0 Å². The zero-order valence-electron chi connectivity index (χ0n) is 16.5. The van der Waals surface area contributed by atoms with Gasteiger partial charge in [0.1, 0.15) is 5.82 Å². The van der Waals surface area contributed by atoms with E-state index < -0.39 is 0 Å². The summed E-state index contributed by atoms with van der Waals surface area (Å²) in [4.78, 5) is 22.7. The van der Waals surface area contributed by atoms with Gasteiger partial charge in [0.25, 0.3) is 0 Å². The second-order valence-electron chi connectivity index (χ2n) is 7.87. The molecule has 1 saturated heterocycles. The Labute approximate surface area is 176 Å². The molecule has 2 aromatic carbocycles. The number of likely N-dealkylation sites (tertiary alicyclic amines) is 1. The minimum absolute atomic E-state index is 0.120. The molecule has 0 bridgehead atoms. The summed E-state index contributed by atoms with van der Waals surface area (Å²) in [6, 6.07) is 15.8. The Kier molecular flexibility index (Phi) is 6.47. The van der Waals surface area contributed by atoms with E-state index in [1.807, 2.05) is 42.5 Å². The maximum Gasteiger partial charge on any atom is 0.220 e. The largest absolute Gasteiger partial charge is 0.352 e. The molecular weight excluding hydrogens is 384 g/mol. The molecule has 3 aromatic rings. The molecule has 0 unspecified atom stereocenters. The Balaban J connectivity index is 1.16. The highest BCUT2D eigenvalue weighted by atomic mass is 35.5. The molecule has 0 radical (unpaired) electrons. The first-order valence-corrected chi connectivity index (χ1v) is 10.7. The number of hydrogen-bond acceptors (Lipinski definition) is 3. The van der Waals surface area contributed by atoms with Crippen molar-refractivity contribution in [2.75, 3.05) is 13.1 Å². The number of rotatable bonds is 7. The van der Waals surface area contributed by atoms with Gasteiger partial charge in [-0.15, -0.1) is 0 Å². The molecule has 29 heavy (non-hydrogen) atoms. The van der Waals surface area contributed by atoms with Crippen LogP contribution in [0.15, 0.2) is 48.5 Å². The SMILES string of the molecule is O=C(CCC1CCN(Cc2nc3ccccc3[nH]2)CC1)NCc1cccc(Cl)c1. The molecule has 1 fully saturated rings. The molecule has 0 saturated carbocycles.